The molecule has 1 aromatic carbocycles. The van der Waals surface area contributed by atoms with Gasteiger partial charge in [-0.25, -0.2) is 5.90 Å². The van der Waals surface area contributed by atoms with Crippen molar-refractivity contribution in [1.29, 1.82) is 0 Å². The zero-order chi connectivity index (χ0) is 9.14. The fourth-order valence-electron chi connectivity index (χ4n) is 0.949. The molecule has 3 N–H and O–H groups in total. The van der Waals surface area contributed by atoms with Crippen LogP contribution in [0.4, 0.5) is 0 Å². The molecule has 0 heterocycles. The molecule has 0 amide bonds. The average molecular weight is 232 g/mol. The molecule has 1 aromatic rings. The predicted octanol–water partition coefficient (Wildman–Crippen LogP) is 1.85. The first-order valence-electron chi connectivity index (χ1n) is 3.45. The Morgan fingerprint density at radius 3 is 2.83 bits per heavy atom. The molecule has 66 valence electrons. The van der Waals surface area contributed by atoms with E-state index in [1.54, 1.807) is 0 Å². The van der Waals surface area contributed by atoms with Crippen molar-refractivity contribution in [3.05, 3.63) is 27.7 Å². The monoisotopic (exact) mass is 231 g/mol. The topological polar surface area (TPSA) is 55.5 Å². The second-order valence-electron chi connectivity index (χ2n) is 2.50. The van der Waals surface area contributed by atoms with Crippen LogP contribution in [0.3, 0.4) is 0 Å². The molecule has 3 nitrogen and oxygen atoms in total. The molecule has 0 fully saturated rings. The summed E-state index contributed by atoms with van der Waals surface area (Å²) in [7, 11) is 0. The van der Waals surface area contributed by atoms with E-state index in [1.807, 2.05) is 19.1 Å². The number of hydrogen-bond acceptors (Lipinski definition) is 3. The van der Waals surface area contributed by atoms with Crippen molar-refractivity contribution in [3.63, 3.8) is 0 Å². The second kappa shape index (κ2) is 3.89. The van der Waals surface area contributed by atoms with E-state index < -0.39 is 0 Å². The van der Waals surface area contributed by atoms with Gasteiger partial charge in [0.15, 0.2) is 0 Å². The Balaban J connectivity index is 3.14. The molecule has 0 aromatic heterocycles. The van der Waals surface area contributed by atoms with E-state index in [9.17, 15) is 5.11 Å². The predicted molar refractivity (Wildman–Crippen MR) is 49.5 cm³/mol. The number of phenolic OH excluding ortho intramolecular Hbond substituents is 1. The molecule has 0 aliphatic heterocycles. The molecule has 0 saturated carbocycles. The maximum atomic E-state index is 9.54. The van der Waals surface area contributed by atoms with E-state index in [2.05, 4.69) is 20.8 Å². The SMILES string of the molecule is Cc1ccc(Br)c(CON)c1O. The van der Waals surface area contributed by atoms with Crippen LogP contribution in [-0.2, 0) is 11.4 Å². The highest BCUT2D eigenvalue weighted by atomic mass is 79.9. The number of aromatic hydroxyl groups is 1. The van der Waals surface area contributed by atoms with Gasteiger partial charge in [0.1, 0.15) is 5.75 Å². The number of rotatable bonds is 2. The minimum absolute atomic E-state index is 0.202. The van der Waals surface area contributed by atoms with Crippen LogP contribution in [-0.4, -0.2) is 5.11 Å². The highest BCUT2D eigenvalue weighted by molar-refractivity contribution is 9.10. The van der Waals surface area contributed by atoms with Crippen molar-refractivity contribution >= 4 is 15.9 Å². The lowest BCUT2D eigenvalue weighted by Crippen LogP contribution is -2.00. The fourth-order valence-corrected chi connectivity index (χ4v) is 1.38. The van der Waals surface area contributed by atoms with E-state index in [0.717, 1.165) is 10.0 Å². The minimum atomic E-state index is 0.202. The Hall–Kier alpha value is -0.580. The number of hydrogen-bond donors (Lipinski definition) is 2. The van der Waals surface area contributed by atoms with Crippen molar-refractivity contribution in [1.82, 2.24) is 0 Å². The molecule has 0 atom stereocenters. The summed E-state index contributed by atoms with van der Waals surface area (Å²) in [6.07, 6.45) is 0. The van der Waals surface area contributed by atoms with Gasteiger partial charge in [-0.2, -0.15) is 0 Å². The van der Waals surface area contributed by atoms with Crippen molar-refractivity contribution < 1.29 is 9.94 Å². The van der Waals surface area contributed by atoms with Crippen LogP contribution in [0.2, 0.25) is 0 Å². The van der Waals surface area contributed by atoms with Crippen molar-refractivity contribution in [2.45, 2.75) is 13.5 Å². The van der Waals surface area contributed by atoms with Crippen LogP contribution in [0.15, 0.2) is 16.6 Å². The Morgan fingerprint density at radius 1 is 1.58 bits per heavy atom. The van der Waals surface area contributed by atoms with Crippen LogP contribution < -0.4 is 5.90 Å². The summed E-state index contributed by atoms with van der Waals surface area (Å²) in [4.78, 5) is 4.45. The van der Waals surface area contributed by atoms with Crippen LogP contribution >= 0.6 is 15.9 Å². The minimum Gasteiger partial charge on any atom is -0.507 e. The van der Waals surface area contributed by atoms with Crippen molar-refractivity contribution in [2.75, 3.05) is 0 Å². The number of halogens is 1. The number of benzene rings is 1. The molecule has 0 aliphatic carbocycles. The summed E-state index contributed by atoms with van der Waals surface area (Å²) < 4.78 is 0.802. The molecule has 1 rings (SSSR count). The third kappa shape index (κ3) is 1.77. The molecule has 0 spiro atoms. The first kappa shape index (κ1) is 9.51. The maximum Gasteiger partial charge on any atom is 0.125 e. The smallest absolute Gasteiger partial charge is 0.125 e. The van der Waals surface area contributed by atoms with E-state index in [-0.39, 0.29) is 12.4 Å². The van der Waals surface area contributed by atoms with E-state index in [1.165, 1.54) is 0 Å². The highest BCUT2D eigenvalue weighted by Gasteiger charge is 2.07. The lowest BCUT2D eigenvalue weighted by molar-refractivity contribution is 0.121. The normalized spacial score (nSPS) is 10.2. The lowest BCUT2D eigenvalue weighted by atomic mass is 10.1. The van der Waals surface area contributed by atoms with E-state index >= 15 is 0 Å². The lowest BCUT2D eigenvalue weighted by Gasteiger charge is -2.07. The number of nitrogens with two attached hydrogens (primary N) is 1. The van der Waals surface area contributed by atoms with Crippen molar-refractivity contribution in [3.8, 4) is 5.75 Å². The molecule has 0 saturated heterocycles. The molecule has 12 heavy (non-hydrogen) atoms. The number of phenols is 1. The van der Waals surface area contributed by atoms with Gasteiger partial charge in [0.05, 0.1) is 6.61 Å². The van der Waals surface area contributed by atoms with Gasteiger partial charge in [0, 0.05) is 10.0 Å². The van der Waals surface area contributed by atoms with E-state index in [4.69, 9.17) is 5.90 Å². The summed E-state index contributed by atoms with van der Waals surface area (Å²) in [6, 6.07) is 3.67. The molecule has 0 unspecified atom stereocenters. The molecule has 4 heteroatoms. The Labute approximate surface area is 79.2 Å². The highest BCUT2D eigenvalue weighted by Crippen LogP contribution is 2.29. The van der Waals surface area contributed by atoms with Crippen LogP contribution in [0.25, 0.3) is 0 Å². The molecule has 0 aliphatic rings. The first-order valence-corrected chi connectivity index (χ1v) is 4.24. The van der Waals surface area contributed by atoms with Gasteiger partial charge >= 0.3 is 0 Å². The van der Waals surface area contributed by atoms with Gasteiger partial charge in [0.2, 0.25) is 0 Å². The summed E-state index contributed by atoms with van der Waals surface area (Å²) in [5.41, 5.74) is 1.49. The number of aryl methyl sites for hydroxylation is 1. The van der Waals surface area contributed by atoms with Crippen LogP contribution in [0.5, 0.6) is 5.75 Å². The van der Waals surface area contributed by atoms with Crippen molar-refractivity contribution in [2.24, 2.45) is 5.90 Å². The van der Waals surface area contributed by atoms with E-state index in [0.29, 0.717) is 5.56 Å². The van der Waals surface area contributed by atoms with Crippen LogP contribution in [0.1, 0.15) is 11.1 Å². The average Bonchev–Trinajstić information content (AvgIpc) is 2.06. The summed E-state index contributed by atoms with van der Waals surface area (Å²) in [5, 5.41) is 9.54. The van der Waals surface area contributed by atoms with Crippen LogP contribution in [0, 0.1) is 6.92 Å². The Morgan fingerprint density at radius 2 is 2.25 bits per heavy atom. The third-order valence-electron chi connectivity index (χ3n) is 1.65. The largest absolute Gasteiger partial charge is 0.507 e. The van der Waals surface area contributed by atoms with Gasteiger partial charge in [-0.1, -0.05) is 22.0 Å². The molecular formula is C8H10BrNO2. The van der Waals surface area contributed by atoms with Gasteiger partial charge in [-0.05, 0) is 18.6 Å². The van der Waals surface area contributed by atoms with Gasteiger partial charge in [-0.3, -0.25) is 4.84 Å². The fraction of sp³-hybridized carbons (Fsp3) is 0.250. The standard InChI is InChI=1S/C8H10BrNO2/c1-5-2-3-7(9)6(4-12-10)8(5)11/h2-3,11H,4,10H2,1H3. The summed E-state index contributed by atoms with van der Waals surface area (Å²) >= 11 is 3.29. The zero-order valence-electron chi connectivity index (χ0n) is 6.67. The molecule has 0 bridgehead atoms. The van der Waals surface area contributed by atoms with Gasteiger partial charge in [0.25, 0.3) is 0 Å². The van der Waals surface area contributed by atoms with Gasteiger partial charge < -0.3 is 5.11 Å². The quantitative estimate of drug-likeness (QED) is 0.765. The maximum absolute atomic E-state index is 9.54. The first-order chi connectivity index (χ1) is 5.66. The van der Waals surface area contributed by atoms with Gasteiger partial charge in [-0.15, -0.1) is 0 Å². The summed E-state index contributed by atoms with van der Waals surface area (Å²) in [5.74, 6) is 5.15. The molecular weight excluding hydrogens is 222 g/mol. The third-order valence-corrected chi connectivity index (χ3v) is 2.40. The Kier molecular flexibility index (Phi) is 3.08. The second-order valence-corrected chi connectivity index (χ2v) is 3.36. The Bertz CT molecular complexity index is 289. The molecule has 0 radical (unpaired) electrons. The zero-order valence-corrected chi connectivity index (χ0v) is 8.26. The summed E-state index contributed by atoms with van der Waals surface area (Å²) in [6.45, 7) is 2.02.